The van der Waals surface area contributed by atoms with E-state index in [4.69, 9.17) is 21.2 Å². The number of halogens is 1. The maximum absolute atomic E-state index is 12.1. The molecule has 0 radical (unpaired) electrons. The monoisotopic (exact) mass is 424 g/mol. The predicted molar refractivity (Wildman–Crippen MR) is 113 cm³/mol. The molecule has 0 spiro atoms. The molecule has 0 fully saturated rings. The highest BCUT2D eigenvalue weighted by Gasteiger charge is 2.23. The van der Waals surface area contributed by atoms with Crippen molar-refractivity contribution in [2.75, 3.05) is 0 Å². The van der Waals surface area contributed by atoms with Crippen LogP contribution in [-0.2, 0) is 16.4 Å². The summed E-state index contributed by atoms with van der Waals surface area (Å²) in [6.07, 6.45) is 0.471. The Morgan fingerprint density at radius 3 is 2.24 bits per heavy atom. The van der Waals surface area contributed by atoms with Gasteiger partial charge in [-0.15, -0.1) is 0 Å². The molecule has 0 aliphatic heterocycles. The Balaban J connectivity index is 1.89. The molecule has 29 heavy (non-hydrogen) atoms. The number of hydrogen-bond acceptors (Lipinski definition) is 4. The van der Waals surface area contributed by atoms with Crippen molar-refractivity contribution in [1.29, 1.82) is 0 Å². The van der Waals surface area contributed by atoms with Gasteiger partial charge in [0, 0.05) is 22.6 Å². The Kier molecular flexibility index (Phi) is 5.24. The van der Waals surface area contributed by atoms with Crippen LogP contribution in [0, 0.1) is 0 Å². The van der Waals surface area contributed by atoms with Crippen LogP contribution in [0.15, 0.2) is 88.2 Å². The van der Waals surface area contributed by atoms with E-state index in [9.17, 15) is 8.42 Å². The molecule has 0 aliphatic carbocycles. The van der Waals surface area contributed by atoms with E-state index < -0.39 is 10.0 Å². The number of oxazole rings is 1. The Morgan fingerprint density at radius 1 is 0.897 bits per heavy atom. The van der Waals surface area contributed by atoms with Crippen LogP contribution in [0.4, 0.5) is 0 Å². The van der Waals surface area contributed by atoms with Gasteiger partial charge in [-0.1, -0.05) is 60.1 Å². The van der Waals surface area contributed by atoms with Crippen molar-refractivity contribution in [3.05, 3.63) is 95.3 Å². The fourth-order valence-electron chi connectivity index (χ4n) is 3.10. The van der Waals surface area contributed by atoms with Crippen molar-refractivity contribution in [3.63, 3.8) is 0 Å². The number of benzene rings is 3. The normalized spacial score (nSPS) is 11.5. The zero-order valence-corrected chi connectivity index (χ0v) is 16.8. The van der Waals surface area contributed by atoms with Crippen LogP contribution >= 0.6 is 11.6 Å². The summed E-state index contributed by atoms with van der Waals surface area (Å²) < 4.78 is 30.3. The first-order valence-electron chi connectivity index (χ1n) is 8.83. The van der Waals surface area contributed by atoms with E-state index in [2.05, 4.69) is 4.98 Å². The molecule has 0 atom stereocenters. The van der Waals surface area contributed by atoms with Crippen LogP contribution in [0.5, 0.6) is 0 Å². The van der Waals surface area contributed by atoms with Gasteiger partial charge >= 0.3 is 0 Å². The molecule has 4 aromatic rings. The molecule has 0 saturated heterocycles. The minimum absolute atomic E-state index is 0.00484. The second-order valence-electron chi connectivity index (χ2n) is 6.50. The van der Waals surface area contributed by atoms with E-state index in [1.807, 2.05) is 30.3 Å². The first kappa shape index (κ1) is 19.4. The molecule has 0 saturated carbocycles. The molecule has 0 unspecified atom stereocenters. The highest BCUT2D eigenvalue weighted by Crippen LogP contribution is 2.36. The van der Waals surface area contributed by atoms with Crippen LogP contribution in [-0.4, -0.2) is 13.4 Å². The van der Waals surface area contributed by atoms with Crippen LogP contribution in [0.1, 0.15) is 11.5 Å². The lowest BCUT2D eigenvalue weighted by molar-refractivity contribution is 0.519. The third-order valence-electron chi connectivity index (χ3n) is 4.42. The minimum atomic E-state index is -3.94. The molecule has 2 N–H and O–H groups in total. The van der Waals surface area contributed by atoms with Crippen molar-refractivity contribution in [2.24, 2.45) is 5.14 Å². The van der Waals surface area contributed by atoms with E-state index in [-0.39, 0.29) is 4.90 Å². The topological polar surface area (TPSA) is 86.2 Å². The van der Waals surface area contributed by atoms with Crippen LogP contribution in [0.25, 0.3) is 22.6 Å². The minimum Gasteiger partial charge on any atom is -0.440 e. The van der Waals surface area contributed by atoms with Crippen molar-refractivity contribution in [1.82, 2.24) is 4.98 Å². The highest BCUT2D eigenvalue weighted by molar-refractivity contribution is 7.89. The van der Waals surface area contributed by atoms with Gasteiger partial charge in [0.05, 0.1) is 4.90 Å². The Hall–Kier alpha value is -2.93. The van der Waals surface area contributed by atoms with E-state index in [1.54, 1.807) is 42.5 Å². The third kappa shape index (κ3) is 4.24. The van der Waals surface area contributed by atoms with Crippen LogP contribution in [0.2, 0.25) is 5.02 Å². The van der Waals surface area contributed by atoms with Gasteiger partial charge in [0.2, 0.25) is 10.0 Å². The standard InChI is InChI=1S/C22H17ClN2O3S/c23-17-12-10-16(11-13-17)22-21(18-8-4-5-9-19(18)29(24,26)27)25-20(28-22)14-15-6-2-1-3-7-15/h1-13H,14H2,(H2,24,26,27). The molecule has 0 amide bonds. The van der Waals surface area contributed by atoms with Crippen LogP contribution in [0.3, 0.4) is 0 Å². The maximum Gasteiger partial charge on any atom is 0.238 e. The van der Waals surface area contributed by atoms with Crippen molar-refractivity contribution in [3.8, 4) is 22.6 Å². The van der Waals surface area contributed by atoms with Gasteiger partial charge in [-0.2, -0.15) is 0 Å². The Bertz CT molecular complexity index is 1250. The van der Waals surface area contributed by atoms with Crippen LogP contribution < -0.4 is 5.14 Å². The number of primary sulfonamides is 1. The first-order chi connectivity index (χ1) is 13.9. The van der Waals surface area contributed by atoms with Gasteiger partial charge in [0.15, 0.2) is 11.7 Å². The summed E-state index contributed by atoms with van der Waals surface area (Å²) in [5.41, 5.74) is 2.58. The summed E-state index contributed by atoms with van der Waals surface area (Å²) in [6.45, 7) is 0. The SMILES string of the molecule is NS(=O)(=O)c1ccccc1-c1nc(Cc2ccccc2)oc1-c1ccc(Cl)cc1. The molecule has 4 rings (SSSR count). The Morgan fingerprint density at radius 2 is 1.55 bits per heavy atom. The quantitative estimate of drug-likeness (QED) is 0.493. The van der Waals surface area contributed by atoms with Crippen molar-refractivity contribution >= 4 is 21.6 Å². The summed E-state index contributed by atoms with van der Waals surface area (Å²) >= 11 is 6.01. The maximum atomic E-state index is 12.1. The van der Waals surface area contributed by atoms with E-state index >= 15 is 0 Å². The number of hydrogen-bond donors (Lipinski definition) is 1. The number of aromatic nitrogens is 1. The number of nitrogens with two attached hydrogens (primary N) is 1. The number of sulfonamides is 1. The predicted octanol–water partition coefficient (Wildman–Crippen LogP) is 4.90. The molecule has 5 nitrogen and oxygen atoms in total. The molecule has 1 heterocycles. The largest absolute Gasteiger partial charge is 0.440 e. The third-order valence-corrected chi connectivity index (χ3v) is 5.65. The summed E-state index contributed by atoms with van der Waals surface area (Å²) in [5.74, 6) is 0.934. The van der Waals surface area contributed by atoms with E-state index in [0.717, 1.165) is 11.1 Å². The summed E-state index contributed by atoms with van der Waals surface area (Å²) in [6, 6.07) is 23.3. The summed E-state index contributed by atoms with van der Waals surface area (Å²) in [5, 5.41) is 6.02. The van der Waals surface area contributed by atoms with Gasteiger partial charge in [-0.3, -0.25) is 0 Å². The summed E-state index contributed by atoms with van der Waals surface area (Å²) in [7, 11) is -3.94. The van der Waals surface area contributed by atoms with E-state index in [1.165, 1.54) is 6.07 Å². The lowest BCUT2D eigenvalue weighted by atomic mass is 10.1. The number of rotatable bonds is 5. The van der Waals surface area contributed by atoms with Gasteiger partial charge in [-0.25, -0.2) is 18.5 Å². The second-order valence-corrected chi connectivity index (χ2v) is 8.46. The van der Waals surface area contributed by atoms with Gasteiger partial charge in [0.1, 0.15) is 5.69 Å². The Labute approximate surface area is 173 Å². The van der Waals surface area contributed by atoms with Gasteiger partial charge in [0.25, 0.3) is 0 Å². The fourth-order valence-corrected chi connectivity index (χ4v) is 3.97. The molecule has 0 bridgehead atoms. The van der Waals surface area contributed by atoms with Gasteiger partial charge < -0.3 is 4.42 Å². The molecule has 7 heteroatoms. The molecular formula is C22H17ClN2O3S. The zero-order chi connectivity index (χ0) is 20.4. The van der Waals surface area contributed by atoms with Gasteiger partial charge in [-0.05, 0) is 35.9 Å². The van der Waals surface area contributed by atoms with Crippen molar-refractivity contribution < 1.29 is 12.8 Å². The average Bonchev–Trinajstić information content (AvgIpc) is 3.12. The molecule has 146 valence electrons. The highest BCUT2D eigenvalue weighted by atomic mass is 35.5. The molecule has 0 aliphatic rings. The molecular weight excluding hydrogens is 408 g/mol. The molecule has 3 aromatic carbocycles. The smallest absolute Gasteiger partial charge is 0.238 e. The lowest BCUT2D eigenvalue weighted by Crippen LogP contribution is -2.13. The summed E-state index contributed by atoms with van der Waals surface area (Å²) in [4.78, 5) is 4.62. The van der Waals surface area contributed by atoms with E-state index in [0.29, 0.717) is 34.4 Å². The first-order valence-corrected chi connectivity index (χ1v) is 10.8. The average molecular weight is 425 g/mol. The fraction of sp³-hybridized carbons (Fsp3) is 0.0455. The molecule has 1 aromatic heterocycles. The lowest BCUT2D eigenvalue weighted by Gasteiger charge is -2.07. The second kappa shape index (κ2) is 7.83. The van der Waals surface area contributed by atoms with Crippen molar-refractivity contribution in [2.45, 2.75) is 11.3 Å². The zero-order valence-electron chi connectivity index (χ0n) is 15.2. The number of nitrogens with zero attached hydrogens (tertiary/aromatic N) is 1.